The number of rotatable bonds is 3. The summed E-state index contributed by atoms with van der Waals surface area (Å²) in [6.45, 7) is 0. The Morgan fingerprint density at radius 2 is 1.60 bits per heavy atom. The van der Waals surface area contributed by atoms with Gasteiger partial charge in [0.2, 0.25) is 0 Å². The second kappa shape index (κ2) is 3.07. The molecule has 0 aromatic heterocycles. The maximum Gasteiger partial charge on any atom is 0.337 e. The molecule has 58 valence electrons. The number of hydrogen-bond acceptors (Lipinski definition) is 2. The molecule has 0 bridgehead atoms. The molecule has 0 unspecified atom stereocenters. The molecule has 0 aromatic carbocycles. The fourth-order valence-corrected chi connectivity index (χ4v) is 0.434. The van der Waals surface area contributed by atoms with E-state index in [-0.39, 0.29) is 0 Å². The number of carboxylic acid groups (broad SMARTS) is 2. The van der Waals surface area contributed by atoms with Crippen LogP contribution in [0.5, 0.6) is 0 Å². The molecule has 0 heterocycles. The lowest BCUT2D eigenvalue weighted by Crippen LogP contribution is -2.42. The summed E-state index contributed by atoms with van der Waals surface area (Å²) >= 11 is 10.1. The molecule has 0 aliphatic carbocycles. The van der Waals surface area contributed by atoms with Crippen molar-refractivity contribution in [3.8, 4) is 0 Å². The fourth-order valence-electron chi connectivity index (χ4n) is 0.206. The standard InChI is InChI=1S/C4H4Cl2O4/c5-1-4(6,2(7)8)3(9)10/h1H2,(H,7,8)(H,9,10). The highest BCUT2D eigenvalue weighted by Gasteiger charge is 2.44. The zero-order chi connectivity index (χ0) is 8.36. The predicted molar refractivity (Wildman–Crippen MR) is 34.6 cm³/mol. The van der Waals surface area contributed by atoms with Gasteiger partial charge in [0.25, 0.3) is 4.87 Å². The maximum atomic E-state index is 10.1. The molecule has 4 nitrogen and oxygen atoms in total. The highest BCUT2D eigenvalue weighted by Crippen LogP contribution is 2.17. The topological polar surface area (TPSA) is 74.6 Å². The SMILES string of the molecule is O=C(O)C(Cl)(CCl)C(=O)O. The van der Waals surface area contributed by atoms with Gasteiger partial charge in [-0.1, -0.05) is 11.6 Å². The van der Waals surface area contributed by atoms with Crippen molar-refractivity contribution in [2.75, 3.05) is 5.88 Å². The van der Waals surface area contributed by atoms with Crippen LogP contribution in [0.25, 0.3) is 0 Å². The molecule has 10 heavy (non-hydrogen) atoms. The number of halogens is 2. The number of carbonyl (C=O) groups is 2. The first-order valence-electron chi connectivity index (χ1n) is 2.17. The molecular weight excluding hydrogens is 183 g/mol. The first-order chi connectivity index (χ1) is 4.45. The van der Waals surface area contributed by atoms with Crippen LogP contribution in [0.1, 0.15) is 0 Å². The molecule has 2 N–H and O–H groups in total. The van der Waals surface area contributed by atoms with Crippen LogP contribution in [0.3, 0.4) is 0 Å². The van der Waals surface area contributed by atoms with Crippen LogP contribution >= 0.6 is 23.2 Å². The molecule has 0 fully saturated rings. The van der Waals surface area contributed by atoms with Gasteiger partial charge >= 0.3 is 11.9 Å². The Bertz CT molecular complexity index is 153. The van der Waals surface area contributed by atoms with E-state index >= 15 is 0 Å². The molecule has 0 saturated carbocycles. The van der Waals surface area contributed by atoms with Crippen LogP contribution in [0.4, 0.5) is 0 Å². The molecule has 0 rings (SSSR count). The average molecular weight is 187 g/mol. The van der Waals surface area contributed by atoms with Gasteiger partial charge in [0.1, 0.15) is 0 Å². The van der Waals surface area contributed by atoms with E-state index in [1.165, 1.54) is 0 Å². The second-order valence-electron chi connectivity index (χ2n) is 1.55. The zero-order valence-electron chi connectivity index (χ0n) is 4.67. The predicted octanol–water partition coefficient (Wildman–Crippen LogP) is 0.372. The normalized spacial score (nSPS) is 11.0. The van der Waals surface area contributed by atoms with Gasteiger partial charge in [0.15, 0.2) is 0 Å². The van der Waals surface area contributed by atoms with Crippen LogP contribution in [0.15, 0.2) is 0 Å². The van der Waals surface area contributed by atoms with Gasteiger partial charge in [0, 0.05) is 0 Å². The Kier molecular flexibility index (Phi) is 2.93. The lowest BCUT2D eigenvalue weighted by atomic mass is 10.2. The Hall–Kier alpha value is -0.480. The number of hydrogen-bond donors (Lipinski definition) is 2. The molecule has 0 saturated heterocycles. The summed E-state index contributed by atoms with van der Waals surface area (Å²) in [6, 6.07) is 0. The molecular formula is C4H4Cl2O4. The molecule has 0 atom stereocenters. The summed E-state index contributed by atoms with van der Waals surface area (Å²) < 4.78 is 0. The van der Waals surface area contributed by atoms with Crippen LogP contribution < -0.4 is 0 Å². The van der Waals surface area contributed by atoms with Crippen LogP contribution in [-0.4, -0.2) is 32.9 Å². The van der Waals surface area contributed by atoms with E-state index in [1.807, 2.05) is 0 Å². The van der Waals surface area contributed by atoms with Crippen LogP contribution in [0, 0.1) is 0 Å². The quantitative estimate of drug-likeness (QED) is 0.494. The van der Waals surface area contributed by atoms with E-state index in [4.69, 9.17) is 33.4 Å². The highest BCUT2D eigenvalue weighted by atomic mass is 35.5. The van der Waals surface area contributed by atoms with Crippen molar-refractivity contribution in [1.82, 2.24) is 0 Å². The third-order valence-corrected chi connectivity index (χ3v) is 1.86. The van der Waals surface area contributed by atoms with E-state index < -0.39 is 22.7 Å². The van der Waals surface area contributed by atoms with E-state index in [2.05, 4.69) is 0 Å². The number of aliphatic carboxylic acids is 2. The van der Waals surface area contributed by atoms with Crippen molar-refractivity contribution in [1.29, 1.82) is 0 Å². The van der Waals surface area contributed by atoms with Crippen molar-refractivity contribution < 1.29 is 19.8 Å². The molecule has 0 radical (unpaired) electrons. The molecule has 0 aliphatic heterocycles. The number of carboxylic acids is 2. The minimum atomic E-state index is -2.39. The van der Waals surface area contributed by atoms with Gasteiger partial charge in [-0.25, -0.2) is 9.59 Å². The van der Waals surface area contributed by atoms with Crippen molar-refractivity contribution in [2.24, 2.45) is 0 Å². The van der Waals surface area contributed by atoms with Gasteiger partial charge in [-0.3, -0.25) is 0 Å². The largest absolute Gasteiger partial charge is 0.479 e. The van der Waals surface area contributed by atoms with Gasteiger partial charge in [-0.2, -0.15) is 0 Å². The smallest absolute Gasteiger partial charge is 0.337 e. The Morgan fingerprint density at radius 3 is 1.60 bits per heavy atom. The zero-order valence-corrected chi connectivity index (χ0v) is 6.19. The fraction of sp³-hybridized carbons (Fsp3) is 0.500. The summed E-state index contributed by atoms with van der Waals surface area (Å²) in [7, 11) is 0. The molecule has 0 amide bonds. The molecule has 6 heteroatoms. The van der Waals surface area contributed by atoms with Gasteiger partial charge in [-0.05, 0) is 0 Å². The van der Waals surface area contributed by atoms with E-state index in [9.17, 15) is 9.59 Å². The van der Waals surface area contributed by atoms with Crippen molar-refractivity contribution in [2.45, 2.75) is 4.87 Å². The van der Waals surface area contributed by atoms with Crippen molar-refractivity contribution >= 4 is 35.1 Å². The first-order valence-corrected chi connectivity index (χ1v) is 3.08. The Balaban J connectivity index is 4.55. The minimum absolute atomic E-state index is 0.667. The van der Waals surface area contributed by atoms with Gasteiger partial charge in [-0.15, -0.1) is 11.6 Å². The van der Waals surface area contributed by atoms with E-state index in [0.717, 1.165) is 0 Å². The Morgan fingerprint density at radius 1 is 1.30 bits per heavy atom. The van der Waals surface area contributed by atoms with Crippen molar-refractivity contribution in [3.05, 3.63) is 0 Å². The summed E-state index contributed by atoms with van der Waals surface area (Å²) in [5.41, 5.74) is 0. The van der Waals surface area contributed by atoms with E-state index in [0.29, 0.717) is 0 Å². The minimum Gasteiger partial charge on any atom is -0.479 e. The van der Waals surface area contributed by atoms with Gasteiger partial charge < -0.3 is 10.2 Å². The molecule has 0 aliphatic rings. The maximum absolute atomic E-state index is 10.1. The van der Waals surface area contributed by atoms with Crippen molar-refractivity contribution in [3.63, 3.8) is 0 Å². The molecule has 0 spiro atoms. The van der Waals surface area contributed by atoms with Crippen LogP contribution in [-0.2, 0) is 9.59 Å². The lowest BCUT2D eigenvalue weighted by Gasteiger charge is -2.11. The summed E-state index contributed by atoms with van der Waals surface area (Å²) in [5.74, 6) is -3.98. The highest BCUT2D eigenvalue weighted by molar-refractivity contribution is 6.48. The second-order valence-corrected chi connectivity index (χ2v) is 2.46. The monoisotopic (exact) mass is 186 g/mol. The summed E-state index contributed by atoms with van der Waals surface area (Å²) in [6.07, 6.45) is 0. The third kappa shape index (κ3) is 1.52. The first kappa shape index (κ1) is 9.52. The molecule has 0 aromatic rings. The number of alkyl halides is 2. The summed E-state index contributed by atoms with van der Waals surface area (Å²) in [5, 5.41) is 16.4. The Labute approximate surface area is 66.4 Å². The third-order valence-electron chi connectivity index (χ3n) is 0.862. The van der Waals surface area contributed by atoms with Gasteiger partial charge in [0.05, 0.1) is 5.88 Å². The van der Waals surface area contributed by atoms with Crippen LogP contribution in [0.2, 0.25) is 0 Å². The average Bonchev–Trinajstić information content (AvgIpc) is 1.85. The van der Waals surface area contributed by atoms with E-state index in [1.54, 1.807) is 0 Å². The summed E-state index contributed by atoms with van der Waals surface area (Å²) in [4.78, 5) is 17.8. The lowest BCUT2D eigenvalue weighted by molar-refractivity contribution is -0.151.